The van der Waals surface area contributed by atoms with Crippen LogP contribution in [0.4, 0.5) is 0 Å². The number of nitrogens with zero attached hydrogens (tertiary/aromatic N) is 2. The summed E-state index contributed by atoms with van der Waals surface area (Å²) in [4.78, 5) is 25.7. The Balaban J connectivity index is 1.31. The lowest BCUT2D eigenvalue weighted by atomic mass is 9.98. The molecule has 0 saturated heterocycles. The predicted octanol–water partition coefficient (Wildman–Crippen LogP) is 7.27. The van der Waals surface area contributed by atoms with Gasteiger partial charge in [-0.25, -0.2) is 4.79 Å². The summed E-state index contributed by atoms with van der Waals surface area (Å²) < 4.78 is 14.8. The third-order valence-corrected chi connectivity index (χ3v) is 10.2. The number of aromatic carboxylic acids is 1. The molecule has 0 unspecified atom stereocenters. The standard InChI is InChI=1S/C37H32N3O4P/c1-45(2,44)32-9-5-8-28(20-32)29-19-30-22-38-40(23-24-10-11-25-6-3-4-7-27(25)18-24)34(30)33(21-29)35(41)39-37(16-17-37)31-14-12-26(13-15-31)36(42)43/h3-15,18-22H,16-17,23H2,1-2H3,(H,39,41)(H,42,43). The molecular weight excluding hydrogens is 581 g/mol. The Labute approximate surface area is 260 Å². The predicted molar refractivity (Wildman–Crippen MR) is 179 cm³/mol. The first-order valence-electron chi connectivity index (χ1n) is 14.9. The van der Waals surface area contributed by atoms with E-state index in [4.69, 9.17) is 5.10 Å². The second kappa shape index (κ2) is 10.9. The highest BCUT2D eigenvalue weighted by molar-refractivity contribution is 7.70. The van der Waals surface area contributed by atoms with E-state index in [0.29, 0.717) is 12.1 Å². The SMILES string of the molecule is CP(C)(=O)c1cccc(-c2cc(C(=O)NC3(c4ccc(C(=O)O)cc4)CC3)c3c(cnn3Cc3ccc4ccccc4c3)c2)c1. The molecule has 0 spiro atoms. The van der Waals surface area contributed by atoms with Crippen molar-refractivity contribution in [3.8, 4) is 11.1 Å². The Bertz CT molecular complexity index is 2170. The number of nitrogens with one attached hydrogen (secondary N) is 1. The molecule has 5 aromatic carbocycles. The van der Waals surface area contributed by atoms with E-state index in [9.17, 15) is 19.3 Å². The minimum Gasteiger partial charge on any atom is -0.478 e. The summed E-state index contributed by atoms with van der Waals surface area (Å²) in [7, 11) is -2.49. The zero-order valence-electron chi connectivity index (χ0n) is 25.0. The maximum atomic E-state index is 14.3. The molecule has 224 valence electrons. The molecule has 2 N–H and O–H groups in total. The average molecular weight is 614 g/mol. The first-order chi connectivity index (χ1) is 21.6. The van der Waals surface area contributed by atoms with Crippen molar-refractivity contribution in [3.05, 3.63) is 132 Å². The Hall–Kier alpha value is -5.00. The molecule has 8 heteroatoms. The van der Waals surface area contributed by atoms with Gasteiger partial charge in [0.2, 0.25) is 0 Å². The molecule has 1 aliphatic rings. The molecule has 0 radical (unpaired) electrons. The molecule has 7 nitrogen and oxygen atoms in total. The first kappa shape index (κ1) is 28.8. The van der Waals surface area contributed by atoms with Crippen LogP contribution in [-0.2, 0) is 16.6 Å². The third-order valence-electron chi connectivity index (χ3n) is 8.71. The van der Waals surface area contributed by atoms with Crippen LogP contribution in [0.3, 0.4) is 0 Å². The van der Waals surface area contributed by atoms with E-state index in [-0.39, 0.29) is 11.5 Å². The molecule has 1 heterocycles. The highest BCUT2D eigenvalue weighted by Crippen LogP contribution is 2.46. The smallest absolute Gasteiger partial charge is 0.335 e. The van der Waals surface area contributed by atoms with Gasteiger partial charge in [-0.1, -0.05) is 66.7 Å². The largest absolute Gasteiger partial charge is 0.478 e. The fourth-order valence-electron chi connectivity index (χ4n) is 6.05. The van der Waals surface area contributed by atoms with E-state index in [2.05, 4.69) is 35.6 Å². The molecule has 1 saturated carbocycles. The summed E-state index contributed by atoms with van der Waals surface area (Å²) in [5.74, 6) is -1.21. The Kier molecular flexibility index (Phi) is 6.94. The zero-order valence-corrected chi connectivity index (χ0v) is 25.9. The molecule has 0 bridgehead atoms. The van der Waals surface area contributed by atoms with E-state index >= 15 is 0 Å². The number of hydrogen-bond acceptors (Lipinski definition) is 4. The quantitative estimate of drug-likeness (QED) is 0.176. The van der Waals surface area contributed by atoms with Crippen LogP contribution in [-0.4, -0.2) is 40.1 Å². The summed E-state index contributed by atoms with van der Waals surface area (Å²) in [6, 6.07) is 32.9. The van der Waals surface area contributed by atoms with Crippen LogP contribution in [0.25, 0.3) is 32.8 Å². The van der Waals surface area contributed by atoms with Crippen molar-refractivity contribution in [3.63, 3.8) is 0 Å². The fourth-order valence-corrected chi connectivity index (χ4v) is 6.95. The lowest BCUT2D eigenvalue weighted by Gasteiger charge is -2.20. The molecule has 1 aliphatic carbocycles. The second-order valence-electron chi connectivity index (χ2n) is 12.3. The van der Waals surface area contributed by atoms with Crippen molar-refractivity contribution < 1.29 is 19.3 Å². The topological polar surface area (TPSA) is 101 Å². The molecule has 1 aromatic heterocycles. The van der Waals surface area contributed by atoms with Gasteiger partial charge in [-0.3, -0.25) is 9.48 Å². The summed E-state index contributed by atoms with van der Waals surface area (Å²) in [5.41, 5.74) is 4.54. The molecule has 6 aromatic rings. The summed E-state index contributed by atoms with van der Waals surface area (Å²) in [6.07, 6.45) is 3.31. The molecule has 7 rings (SSSR count). The number of fused-ring (bicyclic) bond motifs is 2. The van der Waals surface area contributed by atoms with Gasteiger partial charge in [-0.2, -0.15) is 5.10 Å². The highest BCUT2D eigenvalue weighted by atomic mass is 31.2. The van der Waals surface area contributed by atoms with E-state index in [1.165, 1.54) is 0 Å². The number of carbonyl (C=O) groups excluding carboxylic acids is 1. The molecule has 1 amide bonds. The number of amides is 1. The Morgan fingerprint density at radius 2 is 1.60 bits per heavy atom. The molecule has 45 heavy (non-hydrogen) atoms. The maximum absolute atomic E-state index is 14.3. The van der Waals surface area contributed by atoms with Crippen molar-refractivity contribution in [2.24, 2.45) is 0 Å². The van der Waals surface area contributed by atoms with Crippen LogP contribution in [0.1, 0.15) is 44.7 Å². The molecule has 0 atom stereocenters. The molecule has 1 fully saturated rings. The van der Waals surface area contributed by atoms with Gasteiger partial charge in [0.25, 0.3) is 5.91 Å². The van der Waals surface area contributed by atoms with Gasteiger partial charge >= 0.3 is 5.97 Å². The summed E-state index contributed by atoms with van der Waals surface area (Å²) >= 11 is 0. The normalized spacial score (nSPS) is 14.0. The number of aromatic nitrogens is 2. The monoisotopic (exact) mass is 613 g/mol. The lowest BCUT2D eigenvalue weighted by Crippen LogP contribution is -2.35. The first-order valence-corrected chi connectivity index (χ1v) is 17.5. The minimum absolute atomic E-state index is 0.207. The van der Waals surface area contributed by atoms with Crippen LogP contribution in [0.15, 0.2) is 109 Å². The van der Waals surface area contributed by atoms with E-state index < -0.39 is 18.7 Å². The van der Waals surface area contributed by atoms with E-state index in [1.807, 2.05) is 53.2 Å². The van der Waals surface area contributed by atoms with Gasteiger partial charge in [0.05, 0.1) is 34.9 Å². The van der Waals surface area contributed by atoms with Gasteiger partial charge in [-0.15, -0.1) is 0 Å². The average Bonchev–Trinajstić information content (AvgIpc) is 3.71. The number of rotatable bonds is 8. The van der Waals surface area contributed by atoms with Crippen molar-refractivity contribution in [2.45, 2.75) is 24.9 Å². The van der Waals surface area contributed by atoms with Crippen molar-refractivity contribution >= 4 is 46.0 Å². The second-order valence-corrected chi connectivity index (χ2v) is 15.5. The summed E-state index contributed by atoms with van der Waals surface area (Å²) in [6.45, 7) is 3.99. The number of benzene rings is 5. The molecule has 0 aliphatic heterocycles. The number of carbonyl (C=O) groups is 2. The zero-order chi connectivity index (χ0) is 31.3. The van der Waals surface area contributed by atoms with Crippen LogP contribution < -0.4 is 10.6 Å². The van der Waals surface area contributed by atoms with Crippen molar-refractivity contribution in [2.75, 3.05) is 13.3 Å². The van der Waals surface area contributed by atoms with Crippen LogP contribution in [0, 0.1) is 0 Å². The lowest BCUT2D eigenvalue weighted by molar-refractivity contribution is 0.0696. The van der Waals surface area contributed by atoms with Gasteiger partial charge in [-0.05, 0) is 95.6 Å². The fraction of sp³-hybridized carbons (Fsp3) is 0.162. The van der Waals surface area contributed by atoms with Crippen molar-refractivity contribution in [1.29, 1.82) is 0 Å². The summed E-state index contributed by atoms with van der Waals surface area (Å²) in [5, 5.41) is 21.3. The third kappa shape index (κ3) is 5.56. The number of hydrogen-bond donors (Lipinski definition) is 2. The van der Waals surface area contributed by atoms with E-state index in [1.54, 1.807) is 43.8 Å². The van der Waals surface area contributed by atoms with E-state index in [0.717, 1.165) is 62.1 Å². The van der Waals surface area contributed by atoms with Crippen LogP contribution in [0.5, 0.6) is 0 Å². The Morgan fingerprint density at radius 1 is 0.844 bits per heavy atom. The van der Waals surface area contributed by atoms with Crippen LogP contribution in [0.2, 0.25) is 0 Å². The van der Waals surface area contributed by atoms with Gasteiger partial charge < -0.3 is 15.0 Å². The maximum Gasteiger partial charge on any atom is 0.335 e. The van der Waals surface area contributed by atoms with Crippen LogP contribution >= 0.6 is 7.14 Å². The van der Waals surface area contributed by atoms with Crippen molar-refractivity contribution in [1.82, 2.24) is 15.1 Å². The van der Waals surface area contributed by atoms with Gasteiger partial charge in [0.15, 0.2) is 0 Å². The Morgan fingerprint density at radius 3 is 2.31 bits per heavy atom. The number of carboxylic acids is 1. The van der Waals surface area contributed by atoms with Gasteiger partial charge in [0, 0.05) is 10.7 Å². The minimum atomic E-state index is -2.49. The van der Waals surface area contributed by atoms with Gasteiger partial charge in [0.1, 0.15) is 7.14 Å². The molecular formula is C37H32N3O4P. The highest BCUT2D eigenvalue weighted by Gasteiger charge is 2.46. The number of carboxylic acid groups (broad SMARTS) is 1.